The van der Waals surface area contributed by atoms with Crippen LogP contribution < -0.4 is 5.32 Å². The molecule has 0 bridgehead atoms. The molecule has 0 spiro atoms. The fourth-order valence-electron chi connectivity index (χ4n) is 3.08. The minimum atomic E-state index is 0.746. The van der Waals surface area contributed by atoms with Crippen LogP contribution in [0.15, 0.2) is 24.3 Å². The van der Waals surface area contributed by atoms with Crippen molar-refractivity contribution in [1.82, 2.24) is 5.32 Å². The van der Waals surface area contributed by atoms with Crippen LogP contribution in [0.5, 0.6) is 0 Å². The lowest BCUT2D eigenvalue weighted by Crippen LogP contribution is -2.42. The van der Waals surface area contributed by atoms with Crippen LogP contribution in [0.3, 0.4) is 0 Å². The minimum absolute atomic E-state index is 0.746. The first kappa shape index (κ1) is 13.8. The fraction of sp³-hybridized carbons (Fsp3) is 0.625. The first-order valence-electron chi connectivity index (χ1n) is 7.38. The highest BCUT2D eigenvalue weighted by Gasteiger charge is 2.30. The Morgan fingerprint density at radius 2 is 1.79 bits per heavy atom. The van der Waals surface area contributed by atoms with Crippen molar-refractivity contribution >= 4 is 23.4 Å². The van der Waals surface area contributed by atoms with Gasteiger partial charge in [0.05, 0.1) is 0 Å². The molecule has 0 atom stereocenters. The van der Waals surface area contributed by atoms with Crippen LogP contribution in [0.2, 0.25) is 5.02 Å². The van der Waals surface area contributed by atoms with Gasteiger partial charge in [0.25, 0.3) is 0 Å². The van der Waals surface area contributed by atoms with Crippen molar-refractivity contribution in [1.29, 1.82) is 0 Å². The van der Waals surface area contributed by atoms with Crippen molar-refractivity contribution in [2.24, 2.45) is 5.92 Å². The number of nitrogens with one attached hydrogen (secondary N) is 1. The van der Waals surface area contributed by atoms with Crippen LogP contribution in [0.1, 0.15) is 37.2 Å². The van der Waals surface area contributed by atoms with Crippen LogP contribution in [-0.4, -0.2) is 24.1 Å². The highest BCUT2D eigenvalue weighted by Crippen LogP contribution is 2.37. The van der Waals surface area contributed by atoms with Crippen LogP contribution in [0.4, 0.5) is 0 Å². The van der Waals surface area contributed by atoms with E-state index in [2.05, 4.69) is 29.2 Å². The molecule has 3 heteroatoms. The van der Waals surface area contributed by atoms with Crippen molar-refractivity contribution in [2.45, 2.75) is 37.6 Å². The number of thioether (sulfide) groups is 1. The maximum absolute atomic E-state index is 5.93. The topological polar surface area (TPSA) is 12.0 Å². The third kappa shape index (κ3) is 3.68. The molecular weight excluding hydrogens is 274 g/mol. The summed E-state index contributed by atoms with van der Waals surface area (Å²) in [5, 5.41) is 4.61. The molecule has 1 aliphatic heterocycles. The van der Waals surface area contributed by atoms with E-state index in [0.717, 1.165) is 22.9 Å². The summed E-state index contributed by atoms with van der Waals surface area (Å²) < 4.78 is 0. The molecule has 1 saturated carbocycles. The molecule has 1 heterocycles. The van der Waals surface area contributed by atoms with Gasteiger partial charge in [-0.15, -0.1) is 0 Å². The number of hydrogen-bond acceptors (Lipinski definition) is 2. The zero-order valence-corrected chi connectivity index (χ0v) is 12.8. The Kier molecular flexibility index (Phi) is 4.73. The molecule has 1 aromatic carbocycles. The Balaban J connectivity index is 1.39. The van der Waals surface area contributed by atoms with Gasteiger partial charge < -0.3 is 5.32 Å². The summed E-state index contributed by atoms with van der Waals surface area (Å²) in [5.41, 5.74) is 1.46. The molecule has 19 heavy (non-hydrogen) atoms. The van der Waals surface area contributed by atoms with Crippen molar-refractivity contribution in [3.63, 3.8) is 0 Å². The van der Waals surface area contributed by atoms with Crippen LogP contribution in [0, 0.1) is 5.92 Å². The van der Waals surface area contributed by atoms with Gasteiger partial charge in [0.1, 0.15) is 0 Å². The van der Waals surface area contributed by atoms with E-state index in [9.17, 15) is 0 Å². The van der Waals surface area contributed by atoms with Crippen molar-refractivity contribution in [2.75, 3.05) is 18.1 Å². The highest BCUT2D eigenvalue weighted by molar-refractivity contribution is 7.99. The van der Waals surface area contributed by atoms with Gasteiger partial charge in [-0.25, -0.2) is 0 Å². The Morgan fingerprint density at radius 3 is 2.47 bits per heavy atom. The quantitative estimate of drug-likeness (QED) is 0.888. The molecule has 1 aromatic rings. The maximum Gasteiger partial charge on any atom is 0.0406 e. The van der Waals surface area contributed by atoms with Crippen LogP contribution in [0.25, 0.3) is 0 Å². The molecule has 0 amide bonds. The molecule has 0 aromatic heterocycles. The Bertz CT molecular complexity index is 394. The number of rotatable bonds is 4. The van der Waals surface area contributed by atoms with E-state index < -0.39 is 0 Å². The van der Waals surface area contributed by atoms with E-state index in [1.165, 1.54) is 49.3 Å². The minimum Gasteiger partial charge on any atom is -0.314 e. The second kappa shape index (κ2) is 6.51. The molecule has 2 fully saturated rings. The third-order valence-electron chi connectivity index (χ3n) is 4.52. The second-order valence-electron chi connectivity index (χ2n) is 5.88. The highest BCUT2D eigenvalue weighted by atomic mass is 35.5. The van der Waals surface area contributed by atoms with E-state index in [1.54, 1.807) is 0 Å². The number of benzene rings is 1. The summed E-state index contributed by atoms with van der Waals surface area (Å²) in [4.78, 5) is 0. The van der Waals surface area contributed by atoms with Crippen molar-refractivity contribution < 1.29 is 0 Å². The fourth-order valence-corrected chi connectivity index (χ4v) is 4.41. The second-order valence-corrected chi connectivity index (χ2v) is 7.54. The van der Waals surface area contributed by atoms with E-state index in [-0.39, 0.29) is 0 Å². The molecule has 0 radical (unpaired) electrons. The van der Waals surface area contributed by atoms with E-state index >= 15 is 0 Å². The predicted molar refractivity (Wildman–Crippen MR) is 85.3 cm³/mol. The lowest BCUT2D eigenvalue weighted by atomic mass is 9.75. The molecule has 2 aliphatic rings. The van der Waals surface area contributed by atoms with Gasteiger partial charge >= 0.3 is 0 Å². The summed E-state index contributed by atoms with van der Waals surface area (Å²) in [5.74, 6) is 4.40. The normalized spacial score (nSPS) is 28.1. The molecule has 1 nitrogen and oxygen atoms in total. The predicted octanol–water partition coefficient (Wildman–Crippen LogP) is 4.32. The van der Waals surface area contributed by atoms with Gasteiger partial charge in [-0.2, -0.15) is 11.8 Å². The smallest absolute Gasteiger partial charge is 0.0406 e. The average molecular weight is 296 g/mol. The monoisotopic (exact) mass is 295 g/mol. The molecule has 104 valence electrons. The lowest BCUT2D eigenvalue weighted by molar-refractivity contribution is 0.272. The van der Waals surface area contributed by atoms with E-state index in [0.29, 0.717) is 0 Å². The van der Waals surface area contributed by atoms with Gasteiger partial charge in [-0.1, -0.05) is 23.7 Å². The summed E-state index contributed by atoms with van der Waals surface area (Å²) in [6.07, 6.45) is 5.40. The molecule has 1 N–H and O–H groups in total. The Morgan fingerprint density at radius 1 is 1.11 bits per heavy atom. The van der Waals surface area contributed by atoms with Gasteiger partial charge in [-0.3, -0.25) is 0 Å². The SMILES string of the molecule is Clc1ccc(C2CC(NCC3CCSCC3)C2)cc1. The first-order valence-corrected chi connectivity index (χ1v) is 8.91. The largest absolute Gasteiger partial charge is 0.314 e. The number of halogens is 1. The van der Waals surface area contributed by atoms with Crippen molar-refractivity contribution in [3.05, 3.63) is 34.9 Å². The molecule has 1 saturated heterocycles. The molecular formula is C16H22ClNS. The summed E-state index contributed by atoms with van der Waals surface area (Å²) in [7, 11) is 0. The standard InChI is InChI=1S/C16H22ClNS/c17-15-3-1-13(2-4-15)14-9-16(10-14)18-11-12-5-7-19-8-6-12/h1-4,12,14,16,18H,5-11H2. The summed E-state index contributed by atoms with van der Waals surface area (Å²) in [6, 6.07) is 9.13. The summed E-state index contributed by atoms with van der Waals surface area (Å²) >= 11 is 8.04. The average Bonchev–Trinajstić information content (AvgIpc) is 2.40. The van der Waals surface area contributed by atoms with Gasteiger partial charge in [0.2, 0.25) is 0 Å². The van der Waals surface area contributed by atoms with Crippen LogP contribution >= 0.6 is 23.4 Å². The zero-order valence-electron chi connectivity index (χ0n) is 11.3. The maximum atomic E-state index is 5.93. The summed E-state index contributed by atoms with van der Waals surface area (Å²) in [6.45, 7) is 1.23. The first-order chi connectivity index (χ1) is 9.31. The van der Waals surface area contributed by atoms with Crippen molar-refractivity contribution in [3.8, 4) is 0 Å². The molecule has 0 unspecified atom stereocenters. The number of hydrogen-bond donors (Lipinski definition) is 1. The molecule has 3 rings (SSSR count). The Labute approximate surface area is 125 Å². The lowest BCUT2D eigenvalue weighted by Gasteiger charge is -2.37. The van der Waals surface area contributed by atoms with E-state index in [4.69, 9.17) is 11.6 Å². The van der Waals surface area contributed by atoms with Gasteiger partial charge in [-0.05, 0) is 73.3 Å². The Hall–Kier alpha value is -0.180. The van der Waals surface area contributed by atoms with E-state index in [1.807, 2.05) is 12.1 Å². The van der Waals surface area contributed by atoms with Gasteiger partial charge in [0, 0.05) is 11.1 Å². The molecule has 1 aliphatic carbocycles. The van der Waals surface area contributed by atoms with Crippen LogP contribution in [-0.2, 0) is 0 Å². The zero-order chi connectivity index (χ0) is 13.1. The third-order valence-corrected chi connectivity index (χ3v) is 5.82. The van der Waals surface area contributed by atoms with Gasteiger partial charge in [0.15, 0.2) is 0 Å².